The quantitative estimate of drug-likeness (QED) is 0.496. The molecule has 0 atom stereocenters. The summed E-state index contributed by atoms with van der Waals surface area (Å²) in [6.07, 6.45) is 0. The molecule has 2 aromatic heterocycles. The third-order valence-electron chi connectivity index (χ3n) is 2.68. The average molecular weight is 372 g/mol. The van der Waals surface area contributed by atoms with Crippen molar-refractivity contribution in [2.24, 2.45) is 0 Å². The van der Waals surface area contributed by atoms with Gasteiger partial charge in [0.2, 0.25) is 0 Å². The Morgan fingerprint density at radius 3 is 1.36 bits per heavy atom. The minimum absolute atomic E-state index is 0.423. The number of thioether (sulfide) groups is 4. The van der Waals surface area contributed by atoms with Crippen molar-refractivity contribution in [2.45, 2.75) is 19.8 Å². The van der Waals surface area contributed by atoms with Crippen LogP contribution in [0.2, 0.25) is 0 Å². The zero-order chi connectivity index (χ0) is 15.4. The third-order valence-corrected chi connectivity index (χ3v) is 8.22. The van der Waals surface area contributed by atoms with Gasteiger partial charge in [-0.1, -0.05) is 47.0 Å². The summed E-state index contributed by atoms with van der Waals surface area (Å²) in [5.74, 6) is 0. The molecular weight excluding hydrogens is 368 g/mol. The van der Waals surface area contributed by atoms with E-state index in [2.05, 4.69) is 19.9 Å². The molecule has 8 nitrogen and oxygen atoms in total. The Balaban J connectivity index is 1.78. The van der Waals surface area contributed by atoms with Gasteiger partial charge in [0.25, 0.3) is 11.1 Å². The normalized spacial score (nSPS) is 19.3. The van der Waals surface area contributed by atoms with Crippen LogP contribution in [0.1, 0.15) is 0 Å². The maximum absolute atomic E-state index is 11.8. The largest absolute Gasteiger partial charge is 0.326 e. The Morgan fingerprint density at radius 2 is 0.955 bits per heavy atom. The molecule has 4 rings (SSSR count). The number of rotatable bonds is 0. The highest BCUT2D eigenvalue weighted by Crippen LogP contribution is 2.58. The summed E-state index contributed by atoms with van der Waals surface area (Å²) in [6, 6.07) is 0. The van der Waals surface area contributed by atoms with Gasteiger partial charge < -0.3 is 9.97 Å². The SMILES string of the molecule is O=c1[nH]c2c(c(=O)[nH]1)SC(=C1Sc3[nH]c(=O)[nH]c(=O)c3S1)S2. The second kappa shape index (κ2) is 5.01. The van der Waals surface area contributed by atoms with Gasteiger partial charge in [-0.2, -0.15) is 0 Å². The van der Waals surface area contributed by atoms with E-state index in [1.165, 1.54) is 47.0 Å². The van der Waals surface area contributed by atoms with Crippen LogP contribution in [0.15, 0.2) is 47.5 Å². The van der Waals surface area contributed by atoms with Crippen LogP contribution in [0.3, 0.4) is 0 Å². The fraction of sp³-hybridized carbons (Fsp3) is 0. The van der Waals surface area contributed by atoms with E-state index in [-0.39, 0.29) is 0 Å². The Morgan fingerprint density at radius 1 is 0.545 bits per heavy atom. The van der Waals surface area contributed by atoms with E-state index in [9.17, 15) is 19.2 Å². The molecule has 0 spiro atoms. The van der Waals surface area contributed by atoms with Crippen LogP contribution in [-0.2, 0) is 0 Å². The van der Waals surface area contributed by atoms with Gasteiger partial charge in [0.15, 0.2) is 0 Å². The second-order valence-electron chi connectivity index (χ2n) is 4.12. The fourth-order valence-electron chi connectivity index (χ4n) is 1.82. The lowest BCUT2D eigenvalue weighted by Crippen LogP contribution is -2.23. The molecule has 0 saturated carbocycles. The number of fused-ring (bicyclic) bond motifs is 2. The zero-order valence-electron chi connectivity index (χ0n) is 10.3. The molecule has 2 aliphatic heterocycles. The van der Waals surface area contributed by atoms with Crippen molar-refractivity contribution in [3.63, 3.8) is 0 Å². The predicted molar refractivity (Wildman–Crippen MR) is 85.8 cm³/mol. The van der Waals surface area contributed by atoms with E-state index in [0.717, 1.165) is 8.47 Å². The lowest BCUT2D eigenvalue weighted by atomic mass is 10.6. The van der Waals surface area contributed by atoms with Crippen molar-refractivity contribution in [1.82, 2.24) is 19.9 Å². The van der Waals surface area contributed by atoms with Crippen molar-refractivity contribution < 1.29 is 0 Å². The highest BCUT2D eigenvalue weighted by Gasteiger charge is 2.30. The van der Waals surface area contributed by atoms with Crippen molar-refractivity contribution in [3.8, 4) is 0 Å². The molecule has 0 saturated heterocycles. The molecule has 2 aliphatic rings. The van der Waals surface area contributed by atoms with E-state index in [1.54, 1.807) is 0 Å². The minimum atomic E-state index is -0.557. The molecule has 0 aromatic carbocycles. The van der Waals surface area contributed by atoms with Gasteiger partial charge in [0.1, 0.15) is 19.8 Å². The van der Waals surface area contributed by atoms with Crippen molar-refractivity contribution >= 4 is 47.0 Å². The van der Waals surface area contributed by atoms with Crippen LogP contribution in [0.4, 0.5) is 0 Å². The van der Waals surface area contributed by atoms with Crippen molar-refractivity contribution in [3.05, 3.63) is 50.2 Å². The summed E-state index contributed by atoms with van der Waals surface area (Å²) in [6.45, 7) is 0. The van der Waals surface area contributed by atoms with E-state index < -0.39 is 22.5 Å². The molecule has 2 aromatic rings. The average Bonchev–Trinajstić information content (AvgIpc) is 3.01. The number of nitrogens with one attached hydrogen (secondary N) is 4. The summed E-state index contributed by atoms with van der Waals surface area (Å²) in [4.78, 5) is 56.5. The molecule has 4 heterocycles. The molecule has 0 fully saturated rings. The summed E-state index contributed by atoms with van der Waals surface area (Å²) in [5.41, 5.74) is -2.00. The smallest absolute Gasteiger partial charge is 0.301 e. The summed E-state index contributed by atoms with van der Waals surface area (Å²) in [5, 5.41) is 0.974. The van der Waals surface area contributed by atoms with Gasteiger partial charge in [-0.05, 0) is 0 Å². The van der Waals surface area contributed by atoms with Crippen LogP contribution < -0.4 is 22.5 Å². The molecule has 12 heteroatoms. The zero-order valence-corrected chi connectivity index (χ0v) is 13.5. The molecule has 0 aliphatic carbocycles. The highest BCUT2D eigenvalue weighted by atomic mass is 32.2. The van der Waals surface area contributed by atoms with Crippen LogP contribution in [0.5, 0.6) is 0 Å². The minimum Gasteiger partial charge on any atom is -0.301 e. The fourth-order valence-corrected chi connectivity index (χ4v) is 6.96. The van der Waals surface area contributed by atoms with Crippen molar-refractivity contribution in [1.29, 1.82) is 0 Å². The lowest BCUT2D eigenvalue weighted by Gasteiger charge is -1.97. The van der Waals surface area contributed by atoms with Gasteiger partial charge in [-0.15, -0.1) is 0 Å². The Kier molecular flexibility index (Phi) is 3.21. The summed E-state index contributed by atoms with van der Waals surface area (Å²) in [7, 11) is 0. The van der Waals surface area contributed by atoms with Crippen LogP contribution in [-0.4, -0.2) is 19.9 Å². The Bertz CT molecular complexity index is 990. The first-order valence-corrected chi connectivity index (χ1v) is 8.97. The van der Waals surface area contributed by atoms with Gasteiger partial charge in [0, 0.05) is 0 Å². The first-order chi connectivity index (χ1) is 10.5. The van der Waals surface area contributed by atoms with Crippen LogP contribution in [0.25, 0.3) is 0 Å². The van der Waals surface area contributed by atoms with E-state index in [1.807, 2.05) is 0 Å². The molecule has 0 amide bonds. The van der Waals surface area contributed by atoms with Crippen LogP contribution in [0, 0.1) is 0 Å². The van der Waals surface area contributed by atoms with Gasteiger partial charge >= 0.3 is 11.4 Å². The monoisotopic (exact) mass is 372 g/mol. The first-order valence-electron chi connectivity index (χ1n) is 5.70. The number of aromatic nitrogens is 4. The molecule has 4 N–H and O–H groups in total. The number of hydrogen-bond donors (Lipinski definition) is 4. The summed E-state index contributed by atoms with van der Waals surface area (Å²) >= 11 is 4.99. The molecule has 0 bridgehead atoms. The van der Waals surface area contributed by atoms with E-state index in [4.69, 9.17) is 0 Å². The Labute approximate surface area is 137 Å². The topological polar surface area (TPSA) is 131 Å². The number of aromatic amines is 4. The van der Waals surface area contributed by atoms with Gasteiger partial charge in [0.05, 0.1) is 8.47 Å². The molecule has 22 heavy (non-hydrogen) atoms. The standard InChI is InChI=1S/C10H4N4O4S4/c15-3-1-5(13-9(17)11-3)21-7(19-1)8-20-2-4(16)12-10(18)14-6(2)22-8/h(H2,11,13,15,17)(H2,12,14,16,18). The molecule has 0 unspecified atom stereocenters. The Hall–Kier alpha value is -1.50. The van der Waals surface area contributed by atoms with Crippen LogP contribution >= 0.6 is 47.0 Å². The third kappa shape index (κ3) is 2.22. The number of hydrogen-bond acceptors (Lipinski definition) is 8. The van der Waals surface area contributed by atoms with Crippen molar-refractivity contribution in [2.75, 3.05) is 0 Å². The van der Waals surface area contributed by atoms with Gasteiger partial charge in [-0.25, -0.2) is 9.59 Å². The maximum atomic E-state index is 11.8. The van der Waals surface area contributed by atoms with E-state index in [0.29, 0.717) is 19.8 Å². The summed E-state index contributed by atoms with van der Waals surface area (Å²) < 4.78 is 1.57. The second-order valence-corrected chi connectivity index (χ2v) is 8.72. The molecular formula is C10H4N4O4S4. The molecule has 112 valence electrons. The number of H-pyrrole nitrogens is 4. The highest BCUT2D eigenvalue weighted by molar-refractivity contribution is 8.30. The first kappa shape index (κ1) is 14.1. The maximum Gasteiger partial charge on any atom is 0.326 e. The predicted octanol–water partition coefficient (Wildman–Crippen LogP) is 0.662. The molecule has 0 radical (unpaired) electrons. The van der Waals surface area contributed by atoms with E-state index >= 15 is 0 Å². The van der Waals surface area contributed by atoms with Gasteiger partial charge in [-0.3, -0.25) is 19.6 Å². The lowest BCUT2D eigenvalue weighted by molar-refractivity contribution is 0.881.